The molecule has 4 fully saturated rings. The minimum Gasteiger partial charge on any atom is -0.394 e. The van der Waals surface area contributed by atoms with Gasteiger partial charge >= 0.3 is 6.03 Å². The summed E-state index contributed by atoms with van der Waals surface area (Å²) in [5.41, 5.74) is 35.4. The number of rotatable bonds is 12. The molecule has 4 rings (SSSR count). The molecule has 0 spiro atoms. The van der Waals surface area contributed by atoms with E-state index in [4.69, 9.17) is 62.8 Å². The highest BCUT2D eigenvalue weighted by atomic mass is 16.8. The van der Waals surface area contributed by atoms with Gasteiger partial charge in [0.25, 0.3) is 0 Å². The van der Waals surface area contributed by atoms with Gasteiger partial charge in [-0.25, -0.2) is 9.86 Å². The lowest BCUT2D eigenvalue weighted by molar-refractivity contribution is -0.296. The van der Waals surface area contributed by atoms with E-state index in [9.17, 15) is 40.6 Å². The molecule has 48 heavy (non-hydrogen) atoms. The van der Waals surface area contributed by atoms with E-state index in [1.165, 1.54) is 0 Å². The second kappa shape index (κ2) is 17.1. The monoisotopic (exact) mass is 700 g/mol. The van der Waals surface area contributed by atoms with Gasteiger partial charge in [-0.15, -0.1) is 0 Å². The van der Waals surface area contributed by atoms with Crippen LogP contribution in [0.4, 0.5) is 4.79 Å². The van der Waals surface area contributed by atoms with Crippen LogP contribution in [-0.4, -0.2) is 190 Å². The number of hydrogen-bond acceptors (Lipinski definition) is 20. The second-order valence-corrected chi connectivity index (χ2v) is 12.5. The number of aliphatic hydroxyl groups excluding tert-OH is 6. The van der Waals surface area contributed by atoms with Gasteiger partial charge in [-0.3, -0.25) is 5.21 Å². The van der Waals surface area contributed by atoms with Crippen molar-refractivity contribution in [2.24, 2.45) is 34.4 Å². The molecule has 3 aliphatic heterocycles. The lowest BCUT2D eigenvalue weighted by Crippen LogP contribution is -2.67. The Balaban J connectivity index is 1.55. The molecule has 22 nitrogen and oxygen atoms in total. The van der Waals surface area contributed by atoms with Gasteiger partial charge in [0.2, 0.25) is 0 Å². The highest BCUT2D eigenvalue weighted by Gasteiger charge is 2.54. The van der Waals surface area contributed by atoms with Crippen LogP contribution in [0.25, 0.3) is 0 Å². The predicted octanol–water partition coefficient (Wildman–Crippen LogP) is -8.47. The molecule has 4 aliphatic rings. The van der Waals surface area contributed by atoms with E-state index in [1.807, 2.05) is 0 Å². The van der Waals surface area contributed by atoms with Crippen molar-refractivity contribution in [3.8, 4) is 0 Å². The fourth-order valence-electron chi connectivity index (χ4n) is 6.29. The van der Waals surface area contributed by atoms with Crippen LogP contribution in [0.3, 0.4) is 0 Å². The van der Waals surface area contributed by atoms with Gasteiger partial charge in [0.05, 0.1) is 43.5 Å². The van der Waals surface area contributed by atoms with Gasteiger partial charge < -0.3 is 98.8 Å². The summed E-state index contributed by atoms with van der Waals surface area (Å²) in [7, 11) is 0. The van der Waals surface area contributed by atoms with Gasteiger partial charge in [0.1, 0.15) is 54.9 Å². The average molecular weight is 701 g/mol. The van der Waals surface area contributed by atoms with E-state index in [-0.39, 0.29) is 39.0 Å². The quantitative estimate of drug-likeness (QED) is 0.0663. The van der Waals surface area contributed by atoms with Crippen LogP contribution in [0.2, 0.25) is 0 Å². The standard InChI is InChI=1S/C26H52N8O14/c27-1-2-34(42)26(41)33-10-3-8(30)20(46-23-9(31)4-11(36)12(5-28)43-23)22(16(10)37)48-25-19(40)21(14(7-35)45-25)47-24-15(32)18(39)17(38)13(6-29)44-24/h8-25,35-40,42H,1-7,27-32H2,(H,33,41)/t8-,9+,10+,11-,12+,13-,14+,15+,16-,17+,18+,19+,20+,21+,22+,23+,24+,25-/m0/s1. The summed E-state index contributed by atoms with van der Waals surface area (Å²) < 4.78 is 35.2. The van der Waals surface area contributed by atoms with Crippen molar-refractivity contribution in [1.82, 2.24) is 10.4 Å². The largest absolute Gasteiger partial charge is 0.394 e. The van der Waals surface area contributed by atoms with Crippen LogP contribution in [0.15, 0.2) is 0 Å². The molecule has 0 aromatic heterocycles. The summed E-state index contributed by atoms with van der Waals surface area (Å²) in [6, 6.07) is -5.22. The minimum absolute atomic E-state index is 0.0478. The van der Waals surface area contributed by atoms with E-state index >= 15 is 0 Å². The van der Waals surface area contributed by atoms with Crippen LogP contribution in [0.5, 0.6) is 0 Å². The first-order chi connectivity index (χ1) is 22.8. The molecule has 1 aliphatic carbocycles. The fraction of sp³-hybridized carbons (Fsp3) is 0.962. The molecule has 0 bridgehead atoms. The van der Waals surface area contributed by atoms with Crippen LogP contribution in [0.1, 0.15) is 12.8 Å². The molecule has 0 aromatic carbocycles. The molecule has 1 saturated carbocycles. The third-order valence-electron chi connectivity index (χ3n) is 9.06. The Morgan fingerprint density at radius 1 is 0.729 bits per heavy atom. The summed E-state index contributed by atoms with van der Waals surface area (Å²) in [6.07, 6.45) is -18.6. The third kappa shape index (κ3) is 8.51. The number of amides is 2. The smallest absolute Gasteiger partial charge is 0.341 e. The molecule has 22 heteroatoms. The van der Waals surface area contributed by atoms with Gasteiger partial charge in [-0.05, 0) is 12.8 Å². The highest BCUT2D eigenvalue weighted by Crippen LogP contribution is 2.34. The molecule has 20 N–H and O–H groups in total. The predicted molar refractivity (Wildman–Crippen MR) is 159 cm³/mol. The lowest BCUT2D eigenvalue weighted by atomic mass is 9.83. The molecule has 3 saturated heterocycles. The van der Waals surface area contributed by atoms with Crippen molar-refractivity contribution >= 4 is 6.03 Å². The van der Waals surface area contributed by atoms with Crippen molar-refractivity contribution in [1.29, 1.82) is 0 Å². The normalized spacial score (nSPS) is 46.8. The van der Waals surface area contributed by atoms with Crippen LogP contribution < -0.4 is 39.7 Å². The molecule has 0 radical (unpaired) electrons. The topological polar surface area (TPSA) is 385 Å². The van der Waals surface area contributed by atoms with E-state index in [2.05, 4.69) is 5.32 Å². The molecule has 0 unspecified atom stereocenters. The first-order valence-electron chi connectivity index (χ1n) is 15.8. The fourth-order valence-corrected chi connectivity index (χ4v) is 6.29. The van der Waals surface area contributed by atoms with Crippen molar-refractivity contribution in [2.45, 2.75) is 123 Å². The number of nitrogens with one attached hydrogen (secondary N) is 1. The Morgan fingerprint density at radius 3 is 1.96 bits per heavy atom. The van der Waals surface area contributed by atoms with Gasteiger partial charge in [0.15, 0.2) is 18.9 Å². The molecule has 0 aromatic rings. The van der Waals surface area contributed by atoms with E-state index in [0.717, 1.165) is 0 Å². The number of hydrogen-bond donors (Lipinski definition) is 14. The zero-order valence-corrected chi connectivity index (χ0v) is 26.2. The first kappa shape index (κ1) is 39.3. The molecule has 18 atom stereocenters. The van der Waals surface area contributed by atoms with Crippen molar-refractivity contribution in [3.63, 3.8) is 0 Å². The molecular weight excluding hydrogens is 648 g/mol. The number of ether oxygens (including phenoxy) is 6. The number of hydroxylamine groups is 2. The molecule has 280 valence electrons. The van der Waals surface area contributed by atoms with E-state index in [0.29, 0.717) is 5.06 Å². The third-order valence-corrected chi connectivity index (χ3v) is 9.06. The lowest BCUT2D eigenvalue weighted by Gasteiger charge is -2.47. The van der Waals surface area contributed by atoms with Crippen LogP contribution >= 0.6 is 0 Å². The zero-order chi connectivity index (χ0) is 35.4. The second-order valence-electron chi connectivity index (χ2n) is 12.5. The molecular formula is C26H52N8O14. The maximum atomic E-state index is 12.6. The summed E-state index contributed by atoms with van der Waals surface area (Å²) in [6.45, 7) is -1.19. The van der Waals surface area contributed by atoms with Crippen molar-refractivity contribution < 1.29 is 69.1 Å². The SMILES string of the molecule is NCCN(O)C(=O)N[C@@H]1C[C@H](N)[C@@H](O[C@H]2O[C@H](CN)[C@@H](O)C[C@H]2N)[C@H](O[C@@H]2O[C@H](CO)[C@@H](O[C@H]3O[C@@H](CN)[C@@H](O)[C@H](O)[C@H]3N)[C@H]2O)[C@H]1O. The summed E-state index contributed by atoms with van der Waals surface area (Å²) in [5, 5.41) is 76.5. The van der Waals surface area contributed by atoms with Gasteiger partial charge in [0, 0.05) is 25.7 Å². The number of nitrogens with two attached hydrogens (primary N) is 6. The maximum absolute atomic E-state index is 12.6. The molecule has 3 heterocycles. The minimum atomic E-state index is -1.68. The van der Waals surface area contributed by atoms with Crippen LogP contribution in [0, 0.1) is 0 Å². The zero-order valence-electron chi connectivity index (χ0n) is 26.2. The number of urea groups is 1. The van der Waals surface area contributed by atoms with Crippen molar-refractivity contribution in [3.05, 3.63) is 0 Å². The Morgan fingerprint density at radius 2 is 1.33 bits per heavy atom. The van der Waals surface area contributed by atoms with Crippen LogP contribution in [-0.2, 0) is 28.4 Å². The Hall–Kier alpha value is -1.49. The Bertz CT molecular complexity index is 1030. The number of carbonyl (C=O) groups is 1. The van der Waals surface area contributed by atoms with E-state index < -0.39 is 123 Å². The van der Waals surface area contributed by atoms with Crippen molar-refractivity contribution in [2.75, 3.05) is 32.8 Å². The summed E-state index contributed by atoms with van der Waals surface area (Å²) in [4.78, 5) is 12.6. The van der Waals surface area contributed by atoms with Gasteiger partial charge in [-0.2, -0.15) is 0 Å². The molecule has 2 amide bonds. The number of carbonyl (C=O) groups excluding carboxylic acids is 1. The maximum Gasteiger partial charge on any atom is 0.341 e. The summed E-state index contributed by atoms with van der Waals surface area (Å²) in [5.74, 6) is 0. The number of aliphatic hydroxyl groups is 6. The first-order valence-corrected chi connectivity index (χ1v) is 15.8. The van der Waals surface area contributed by atoms with E-state index in [1.54, 1.807) is 0 Å². The highest BCUT2D eigenvalue weighted by molar-refractivity contribution is 5.73. The Kier molecular flexibility index (Phi) is 14.0. The summed E-state index contributed by atoms with van der Waals surface area (Å²) >= 11 is 0. The average Bonchev–Trinajstić information content (AvgIpc) is 3.35. The van der Waals surface area contributed by atoms with Gasteiger partial charge in [-0.1, -0.05) is 0 Å². The number of nitrogens with zero attached hydrogens (tertiary/aromatic N) is 1. The Labute approximate surface area is 276 Å².